The van der Waals surface area contributed by atoms with E-state index in [9.17, 15) is 0 Å². The van der Waals surface area contributed by atoms with Crippen molar-refractivity contribution in [3.8, 4) is 0 Å². The molecule has 0 fully saturated rings. The Bertz CT molecular complexity index is 299. The molecule has 1 heterocycles. The molecule has 1 aromatic rings. The molecule has 0 aliphatic carbocycles. The van der Waals surface area contributed by atoms with Gasteiger partial charge in [-0.15, -0.1) is 0 Å². The van der Waals surface area contributed by atoms with Gasteiger partial charge in [-0.3, -0.25) is 0 Å². The van der Waals surface area contributed by atoms with E-state index in [1.165, 1.54) is 0 Å². The van der Waals surface area contributed by atoms with Crippen molar-refractivity contribution in [2.45, 2.75) is 46.6 Å². The quantitative estimate of drug-likeness (QED) is 0.789. The van der Waals surface area contributed by atoms with Crippen LogP contribution in [0.4, 0.5) is 0 Å². The molecule has 0 saturated heterocycles. The summed E-state index contributed by atoms with van der Waals surface area (Å²) in [5.74, 6) is 1.53. The lowest BCUT2D eigenvalue weighted by Crippen LogP contribution is -2.26. The molecule has 0 radical (unpaired) electrons. The highest BCUT2D eigenvalue weighted by atomic mass is 16.5. The number of nitrogens with two attached hydrogens (primary N) is 1. The lowest BCUT2D eigenvalue weighted by Gasteiger charge is -2.23. The smallest absolute Gasteiger partial charge is 0.244 e. The highest BCUT2D eigenvalue weighted by Gasteiger charge is 2.27. The first-order valence-corrected chi connectivity index (χ1v) is 4.91. The van der Waals surface area contributed by atoms with Gasteiger partial charge in [0.05, 0.1) is 6.04 Å². The molecule has 4 heteroatoms. The molecule has 1 rings (SSSR count). The van der Waals surface area contributed by atoms with Crippen molar-refractivity contribution in [2.75, 3.05) is 0 Å². The lowest BCUT2D eigenvalue weighted by molar-refractivity contribution is 0.252. The summed E-state index contributed by atoms with van der Waals surface area (Å²) in [4.78, 5) is 4.27. The highest BCUT2D eigenvalue weighted by Crippen LogP contribution is 2.29. The molecule has 80 valence electrons. The molecule has 1 aromatic heterocycles. The summed E-state index contributed by atoms with van der Waals surface area (Å²) in [6, 6.07) is -0.206. The SMILES string of the molecule is CC(C)c1noc(C(N)C(C)(C)C)n1. The van der Waals surface area contributed by atoms with Gasteiger partial charge in [0.1, 0.15) is 0 Å². The third-order valence-corrected chi connectivity index (χ3v) is 2.17. The fraction of sp³-hybridized carbons (Fsp3) is 0.800. The molecule has 0 amide bonds. The second kappa shape index (κ2) is 3.69. The topological polar surface area (TPSA) is 64.9 Å². The first-order valence-electron chi connectivity index (χ1n) is 4.91. The maximum Gasteiger partial charge on any atom is 0.244 e. The van der Waals surface area contributed by atoms with E-state index in [1.807, 2.05) is 13.8 Å². The van der Waals surface area contributed by atoms with Crippen LogP contribution in [0.5, 0.6) is 0 Å². The second-order valence-corrected chi connectivity index (χ2v) is 4.99. The average molecular weight is 197 g/mol. The Morgan fingerprint density at radius 1 is 1.29 bits per heavy atom. The largest absolute Gasteiger partial charge is 0.338 e. The molecule has 0 aliphatic rings. The number of nitrogens with zero attached hydrogens (tertiary/aromatic N) is 2. The van der Waals surface area contributed by atoms with E-state index in [0.29, 0.717) is 5.89 Å². The van der Waals surface area contributed by atoms with Crippen LogP contribution in [-0.4, -0.2) is 10.1 Å². The Kier molecular flexibility index (Phi) is 2.95. The summed E-state index contributed by atoms with van der Waals surface area (Å²) >= 11 is 0. The fourth-order valence-electron chi connectivity index (χ4n) is 0.979. The van der Waals surface area contributed by atoms with Crippen LogP contribution < -0.4 is 5.73 Å². The zero-order valence-electron chi connectivity index (χ0n) is 9.53. The van der Waals surface area contributed by atoms with Crippen LogP contribution in [0.3, 0.4) is 0 Å². The van der Waals surface area contributed by atoms with Crippen molar-refractivity contribution in [3.63, 3.8) is 0 Å². The molecule has 0 aliphatic heterocycles. The zero-order chi connectivity index (χ0) is 10.9. The molecule has 0 spiro atoms. The van der Waals surface area contributed by atoms with Crippen molar-refractivity contribution in [3.05, 3.63) is 11.7 Å². The molecule has 0 bridgehead atoms. The van der Waals surface area contributed by atoms with Crippen LogP contribution >= 0.6 is 0 Å². The third kappa shape index (κ3) is 2.32. The predicted molar refractivity (Wildman–Crippen MR) is 54.8 cm³/mol. The van der Waals surface area contributed by atoms with E-state index in [4.69, 9.17) is 10.3 Å². The number of hydrogen-bond acceptors (Lipinski definition) is 4. The van der Waals surface area contributed by atoms with Gasteiger partial charge in [0.25, 0.3) is 0 Å². The predicted octanol–water partition coefficient (Wildman–Crippen LogP) is 2.24. The van der Waals surface area contributed by atoms with E-state index in [2.05, 4.69) is 30.9 Å². The van der Waals surface area contributed by atoms with Crippen molar-refractivity contribution in [1.82, 2.24) is 10.1 Å². The molecule has 14 heavy (non-hydrogen) atoms. The van der Waals surface area contributed by atoms with Gasteiger partial charge in [0.15, 0.2) is 5.82 Å². The number of aromatic nitrogens is 2. The van der Waals surface area contributed by atoms with E-state index < -0.39 is 0 Å². The van der Waals surface area contributed by atoms with Crippen molar-refractivity contribution < 1.29 is 4.52 Å². The molecule has 2 N–H and O–H groups in total. The summed E-state index contributed by atoms with van der Waals surface area (Å²) in [6.07, 6.45) is 0. The zero-order valence-corrected chi connectivity index (χ0v) is 9.53. The number of hydrogen-bond donors (Lipinski definition) is 1. The van der Waals surface area contributed by atoms with Gasteiger partial charge in [-0.25, -0.2) is 0 Å². The summed E-state index contributed by atoms with van der Waals surface area (Å²) in [7, 11) is 0. The van der Waals surface area contributed by atoms with Crippen molar-refractivity contribution >= 4 is 0 Å². The number of rotatable bonds is 2. The van der Waals surface area contributed by atoms with Crippen LogP contribution in [0.2, 0.25) is 0 Å². The summed E-state index contributed by atoms with van der Waals surface area (Å²) < 4.78 is 5.13. The van der Waals surface area contributed by atoms with Crippen LogP contribution in [0.1, 0.15) is 58.3 Å². The average Bonchev–Trinajstić information content (AvgIpc) is 2.48. The minimum Gasteiger partial charge on any atom is -0.338 e. The van der Waals surface area contributed by atoms with Gasteiger partial charge in [-0.05, 0) is 5.41 Å². The van der Waals surface area contributed by atoms with Gasteiger partial charge in [-0.1, -0.05) is 39.8 Å². The van der Waals surface area contributed by atoms with E-state index in [0.717, 1.165) is 5.82 Å². The van der Waals surface area contributed by atoms with Gasteiger partial charge < -0.3 is 10.3 Å². The highest BCUT2D eigenvalue weighted by molar-refractivity contribution is 4.98. The molecule has 1 atom stereocenters. The van der Waals surface area contributed by atoms with E-state index >= 15 is 0 Å². The fourth-order valence-corrected chi connectivity index (χ4v) is 0.979. The Hall–Kier alpha value is -0.900. The standard InChI is InChI=1S/C10H19N3O/c1-6(2)8-12-9(14-13-8)7(11)10(3,4)5/h6-7H,11H2,1-5H3. The first-order chi connectivity index (χ1) is 6.32. The van der Waals surface area contributed by atoms with Gasteiger partial charge >= 0.3 is 0 Å². The van der Waals surface area contributed by atoms with E-state index in [-0.39, 0.29) is 17.4 Å². The molecule has 4 nitrogen and oxygen atoms in total. The second-order valence-electron chi connectivity index (χ2n) is 4.99. The Balaban J connectivity index is 2.87. The van der Waals surface area contributed by atoms with Crippen molar-refractivity contribution in [1.29, 1.82) is 0 Å². The van der Waals surface area contributed by atoms with Crippen molar-refractivity contribution in [2.24, 2.45) is 11.1 Å². The summed E-state index contributed by atoms with van der Waals surface area (Å²) in [5.41, 5.74) is 5.93. The molecular weight excluding hydrogens is 178 g/mol. The maximum atomic E-state index is 5.99. The molecular formula is C10H19N3O. The Morgan fingerprint density at radius 3 is 2.21 bits per heavy atom. The van der Waals surface area contributed by atoms with Gasteiger partial charge in [-0.2, -0.15) is 4.98 Å². The van der Waals surface area contributed by atoms with Gasteiger partial charge in [0.2, 0.25) is 5.89 Å². The van der Waals surface area contributed by atoms with Crippen LogP contribution in [-0.2, 0) is 0 Å². The summed E-state index contributed by atoms with van der Waals surface area (Å²) in [6.45, 7) is 10.2. The Morgan fingerprint density at radius 2 is 1.86 bits per heavy atom. The molecule has 1 unspecified atom stereocenters. The minimum atomic E-state index is -0.206. The van der Waals surface area contributed by atoms with Crippen LogP contribution in [0.25, 0.3) is 0 Å². The van der Waals surface area contributed by atoms with E-state index in [1.54, 1.807) is 0 Å². The Labute approximate surface area is 84.9 Å². The third-order valence-electron chi connectivity index (χ3n) is 2.17. The van der Waals surface area contributed by atoms with Crippen LogP contribution in [0.15, 0.2) is 4.52 Å². The first kappa shape index (κ1) is 11.2. The van der Waals surface area contributed by atoms with Crippen LogP contribution in [0, 0.1) is 5.41 Å². The monoisotopic (exact) mass is 197 g/mol. The molecule has 0 aromatic carbocycles. The van der Waals surface area contributed by atoms with Gasteiger partial charge in [0, 0.05) is 5.92 Å². The maximum absolute atomic E-state index is 5.99. The normalized spacial score (nSPS) is 14.8. The lowest BCUT2D eigenvalue weighted by atomic mass is 9.87. The minimum absolute atomic E-state index is 0.0548. The molecule has 0 saturated carbocycles. The summed E-state index contributed by atoms with van der Waals surface area (Å²) in [5, 5.41) is 3.88.